The standard InChI is InChI=1S/C13H13ClN2O2/c1-2-12-10(13(17)18)7-15-16(12)8-9-5-3-4-6-11(9)14/h3-7H,2,8H2,1H3,(H,17,18). The number of hydrogen-bond acceptors (Lipinski definition) is 2. The van der Waals surface area contributed by atoms with Crippen LogP contribution in [0.25, 0.3) is 0 Å². The van der Waals surface area contributed by atoms with Gasteiger partial charge < -0.3 is 5.11 Å². The summed E-state index contributed by atoms with van der Waals surface area (Å²) in [4.78, 5) is 11.0. The van der Waals surface area contributed by atoms with Gasteiger partial charge in [-0.3, -0.25) is 4.68 Å². The van der Waals surface area contributed by atoms with Crippen molar-refractivity contribution >= 4 is 17.6 Å². The van der Waals surface area contributed by atoms with Crippen molar-refractivity contribution < 1.29 is 9.90 Å². The average molecular weight is 265 g/mol. The first-order valence-corrected chi connectivity index (χ1v) is 6.02. The number of carboxylic acid groups (broad SMARTS) is 1. The van der Waals surface area contributed by atoms with Crippen LogP contribution in [0.5, 0.6) is 0 Å². The van der Waals surface area contributed by atoms with Crippen LogP contribution in [-0.4, -0.2) is 20.9 Å². The molecule has 5 heteroatoms. The predicted octanol–water partition coefficient (Wildman–Crippen LogP) is 2.85. The van der Waals surface area contributed by atoms with Gasteiger partial charge in [0.05, 0.1) is 18.4 Å². The highest BCUT2D eigenvalue weighted by molar-refractivity contribution is 6.31. The van der Waals surface area contributed by atoms with Crippen molar-refractivity contribution in [1.29, 1.82) is 0 Å². The Balaban J connectivity index is 2.35. The van der Waals surface area contributed by atoms with Gasteiger partial charge in [-0.15, -0.1) is 0 Å². The number of nitrogens with zero attached hydrogens (tertiary/aromatic N) is 2. The third-order valence-electron chi connectivity index (χ3n) is 2.79. The molecule has 0 fully saturated rings. The molecule has 2 aromatic rings. The molecule has 94 valence electrons. The lowest BCUT2D eigenvalue weighted by Crippen LogP contribution is -2.08. The van der Waals surface area contributed by atoms with Gasteiger partial charge in [0.1, 0.15) is 5.56 Å². The Labute approximate surface area is 110 Å². The minimum atomic E-state index is -0.947. The van der Waals surface area contributed by atoms with Gasteiger partial charge in [-0.1, -0.05) is 36.7 Å². The number of carboxylic acids is 1. The van der Waals surface area contributed by atoms with Crippen LogP contribution in [0.2, 0.25) is 5.02 Å². The molecule has 0 spiro atoms. The maximum atomic E-state index is 11.0. The molecule has 0 saturated carbocycles. The summed E-state index contributed by atoms with van der Waals surface area (Å²) < 4.78 is 1.69. The first-order chi connectivity index (χ1) is 8.63. The van der Waals surface area contributed by atoms with E-state index in [4.69, 9.17) is 16.7 Å². The molecule has 0 amide bonds. The van der Waals surface area contributed by atoms with Crippen molar-refractivity contribution in [1.82, 2.24) is 9.78 Å². The molecule has 0 aliphatic carbocycles. The molecule has 1 heterocycles. The maximum Gasteiger partial charge on any atom is 0.339 e. The highest BCUT2D eigenvalue weighted by atomic mass is 35.5. The van der Waals surface area contributed by atoms with Crippen LogP contribution in [0, 0.1) is 0 Å². The van der Waals surface area contributed by atoms with E-state index in [0.29, 0.717) is 23.7 Å². The van der Waals surface area contributed by atoms with Crippen molar-refractivity contribution in [2.75, 3.05) is 0 Å². The fourth-order valence-electron chi connectivity index (χ4n) is 1.89. The molecule has 0 unspecified atom stereocenters. The lowest BCUT2D eigenvalue weighted by Gasteiger charge is -2.08. The number of aromatic carboxylic acids is 1. The normalized spacial score (nSPS) is 10.6. The molecule has 18 heavy (non-hydrogen) atoms. The molecular formula is C13H13ClN2O2. The number of aromatic nitrogens is 2. The molecule has 2 rings (SSSR count). The van der Waals surface area contributed by atoms with Crippen molar-refractivity contribution in [3.8, 4) is 0 Å². The van der Waals surface area contributed by atoms with Gasteiger partial charge in [-0.05, 0) is 18.1 Å². The molecule has 0 bridgehead atoms. The fourth-order valence-corrected chi connectivity index (χ4v) is 2.08. The lowest BCUT2D eigenvalue weighted by atomic mass is 10.2. The number of rotatable bonds is 4. The molecule has 1 N–H and O–H groups in total. The summed E-state index contributed by atoms with van der Waals surface area (Å²) in [5.74, 6) is -0.947. The summed E-state index contributed by atoms with van der Waals surface area (Å²) >= 11 is 6.08. The van der Waals surface area contributed by atoms with Crippen LogP contribution in [0.4, 0.5) is 0 Å². The predicted molar refractivity (Wildman–Crippen MR) is 69.1 cm³/mol. The summed E-state index contributed by atoms with van der Waals surface area (Å²) in [6, 6.07) is 7.47. The summed E-state index contributed by atoms with van der Waals surface area (Å²) in [5.41, 5.74) is 1.89. The smallest absolute Gasteiger partial charge is 0.339 e. The first kappa shape index (κ1) is 12.6. The third-order valence-corrected chi connectivity index (χ3v) is 3.16. The number of carbonyl (C=O) groups is 1. The molecule has 0 atom stereocenters. The Morgan fingerprint density at radius 1 is 1.44 bits per heavy atom. The Hall–Kier alpha value is -1.81. The number of halogens is 1. The lowest BCUT2D eigenvalue weighted by molar-refractivity contribution is 0.0695. The zero-order chi connectivity index (χ0) is 13.1. The molecule has 4 nitrogen and oxygen atoms in total. The summed E-state index contributed by atoms with van der Waals surface area (Å²) in [6.45, 7) is 2.39. The van der Waals surface area contributed by atoms with Crippen LogP contribution in [0.3, 0.4) is 0 Å². The van der Waals surface area contributed by atoms with Crippen molar-refractivity contribution in [3.63, 3.8) is 0 Å². The summed E-state index contributed by atoms with van der Waals surface area (Å²) in [6.07, 6.45) is 2.00. The van der Waals surface area contributed by atoms with Crippen LogP contribution >= 0.6 is 11.6 Å². The van der Waals surface area contributed by atoms with Crippen LogP contribution in [-0.2, 0) is 13.0 Å². The molecule has 0 aliphatic heterocycles. The molecule has 0 aliphatic rings. The van der Waals surface area contributed by atoms with E-state index in [1.807, 2.05) is 31.2 Å². The molecule has 0 radical (unpaired) electrons. The SMILES string of the molecule is CCc1c(C(=O)O)cnn1Cc1ccccc1Cl. The number of hydrogen-bond donors (Lipinski definition) is 1. The largest absolute Gasteiger partial charge is 0.478 e. The Morgan fingerprint density at radius 3 is 2.78 bits per heavy atom. The second-order valence-electron chi connectivity index (χ2n) is 3.91. The van der Waals surface area contributed by atoms with E-state index in [2.05, 4.69) is 5.10 Å². The second-order valence-corrected chi connectivity index (χ2v) is 4.32. The Morgan fingerprint density at radius 2 is 2.17 bits per heavy atom. The maximum absolute atomic E-state index is 11.0. The highest BCUT2D eigenvalue weighted by Crippen LogP contribution is 2.18. The van der Waals surface area contributed by atoms with E-state index < -0.39 is 5.97 Å². The van der Waals surface area contributed by atoms with E-state index in [9.17, 15) is 4.79 Å². The minimum absolute atomic E-state index is 0.254. The van der Waals surface area contributed by atoms with Gasteiger partial charge in [-0.25, -0.2) is 4.79 Å². The second kappa shape index (κ2) is 5.23. The van der Waals surface area contributed by atoms with E-state index >= 15 is 0 Å². The van der Waals surface area contributed by atoms with Crippen molar-refractivity contribution in [2.24, 2.45) is 0 Å². The summed E-state index contributed by atoms with van der Waals surface area (Å²) in [5, 5.41) is 13.8. The first-order valence-electron chi connectivity index (χ1n) is 5.64. The van der Waals surface area contributed by atoms with Gasteiger partial charge in [0, 0.05) is 5.02 Å². The van der Waals surface area contributed by atoms with Crippen molar-refractivity contribution in [2.45, 2.75) is 19.9 Å². The Bertz CT molecular complexity index is 578. The number of benzene rings is 1. The van der Waals surface area contributed by atoms with Crippen molar-refractivity contribution in [3.05, 3.63) is 52.3 Å². The quantitative estimate of drug-likeness (QED) is 0.924. The van der Waals surface area contributed by atoms with Gasteiger partial charge in [0.2, 0.25) is 0 Å². The van der Waals surface area contributed by atoms with Gasteiger partial charge in [0.15, 0.2) is 0 Å². The fraction of sp³-hybridized carbons (Fsp3) is 0.231. The molecular weight excluding hydrogens is 252 g/mol. The van der Waals surface area contributed by atoms with Gasteiger partial charge in [0.25, 0.3) is 0 Å². The highest BCUT2D eigenvalue weighted by Gasteiger charge is 2.15. The monoisotopic (exact) mass is 264 g/mol. The van der Waals surface area contributed by atoms with Crippen LogP contribution < -0.4 is 0 Å². The molecule has 1 aromatic carbocycles. The van der Waals surface area contributed by atoms with E-state index in [1.165, 1.54) is 6.20 Å². The molecule has 0 saturated heterocycles. The third kappa shape index (κ3) is 2.38. The Kier molecular flexibility index (Phi) is 3.67. The minimum Gasteiger partial charge on any atom is -0.478 e. The van der Waals surface area contributed by atoms with E-state index in [1.54, 1.807) is 4.68 Å². The van der Waals surface area contributed by atoms with Gasteiger partial charge in [-0.2, -0.15) is 5.10 Å². The van der Waals surface area contributed by atoms with Crippen LogP contribution in [0.15, 0.2) is 30.5 Å². The zero-order valence-electron chi connectivity index (χ0n) is 9.93. The topological polar surface area (TPSA) is 55.1 Å². The van der Waals surface area contributed by atoms with Crippen LogP contribution in [0.1, 0.15) is 28.5 Å². The van der Waals surface area contributed by atoms with Gasteiger partial charge >= 0.3 is 5.97 Å². The molecule has 1 aromatic heterocycles. The summed E-state index contributed by atoms with van der Waals surface area (Å²) in [7, 11) is 0. The van der Waals surface area contributed by atoms with E-state index in [-0.39, 0.29) is 5.56 Å². The average Bonchev–Trinajstić information content (AvgIpc) is 2.75. The van der Waals surface area contributed by atoms with E-state index in [0.717, 1.165) is 5.56 Å². The zero-order valence-corrected chi connectivity index (χ0v) is 10.7.